The third-order valence-corrected chi connectivity index (χ3v) is 4.19. The van der Waals surface area contributed by atoms with Gasteiger partial charge in [-0.3, -0.25) is 9.69 Å². The van der Waals surface area contributed by atoms with E-state index in [1.165, 1.54) is 0 Å². The molecule has 25 heavy (non-hydrogen) atoms. The van der Waals surface area contributed by atoms with E-state index in [0.29, 0.717) is 11.3 Å². The molecule has 3 aromatic rings. The van der Waals surface area contributed by atoms with Crippen molar-refractivity contribution in [2.75, 3.05) is 18.9 Å². The molecule has 1 amide bonds. The lowest BCUT2D eigenvalue weighted by Crippen LogP contribution is -2.32. The molecule has 3 rings (SSSR count). The van der Waals surface area contributed by atoms with Crippen molar-refractivity contribution >= 4 is 22.6 Å². The summed E-state index contributed by atoms with van der Waals surface area (Å²) in [5.41, 5.74) is 1.98. The second kappa shape index (κ2) is 7.20. The number of para-hydroxylation sites is 1. The first-order valence-corrected chi connectivity index (χ1v) is 8.05. The van der Waals surface area contributed by atoms with Crippen molar-refractivity contribution in [2.45, 2.75) is 13.0 Å². The average molecular weight is 333 g/mol. The number of benzene rings is 2. The quantitative estimate of drug-likeness (QED) is 0.768. The standard InChI is InChI=1S/C20H19N3O2/c1-14(19-11-16-7-3-4-9-18(16)25-19)23(2)13-20(24)22-17-8-5-6-15(10-17)12-21/h3-11,14H,13H2,1-2H3,(H,22,24)/t14-/m1/s1. The summed E-state index contributed by atoms with van der Waals surface area (Å²) in [7, 11) is 1.88. The van der Waals surface area contributed by atoms with Gasteiger partial charge in [0.15, 0.2) is 0 Å². The van der Waals surface area contributed by atoms with Gasteiger partial charge in [0, 0.05) is 11.1 Å². The molecule has 1 aromatic heterocycles. The van der Waals surface area contributed by atoms with Gasteiger partial charge in [-0.05, 0) is 44.3 Å². The fourth-order valence-electron chi connectivity index (χ4n) is 2.66. The molecule has 0 spiro atoms. The maximum Gasteiger partial charge on any atom is 0.238 e. The smallest absolute Gasteiger partial charge is 0.238 e. The Morgan fingerprint density at radius 3 is 2.80 bits per heavy atom. The second-order valence-electron chi connectivity index (χ2n) is 6.02. The van der Waals surface area contributed by atoms with Gasteiger partial charge in [-0.25, -0.2) is 0 Å². The summed E-state index contributed by atoms with van der Waals surface area (Å²) in [4.78, 5) is 14.2. The lowest BCUT2D eigenvalue weighted by atomic mass is 10.2. The van der Waals surface area contributed by atoms with Crippen LogP contribution in [0.1, 0.15) is 24.3 Å². The number of likely N-dealkylation sites (N-methyl/N-ethyl adjacent to an activating group) is 1. The van der Waals surface area contributed by atoms with Crippen molar-refractivity contribution in [3.05, 3.63) is 65.9 Å². The Hall–Kier alpha value is -3.10. The number of nitrogens with one attached hydrogen (secondary N) is 1. The first-order valence-electron chi connectivity index (χ1n) is 8.05. The molecule has 1 N–H and O–H groups in total. The molecular weight excluding hydrogens is 314 g/mol. The van der Waals surface area contributed by atoms with Gasteiger partial charge in [-0.1, -0.05) is 24.3 Å². The Morgan fingerprint density at radius 2 is 2.04 bits per heavy atom. The van der Waals surface area contributed by atoms with Crippen LogP contribution in [0.5, 0.6) is 0 Å². The number of amides is 1. The van der Waals surface area contributed by atoms with Crippen molar-refractivity contribution in [3.63, 3.8) is 0 Å². The highest BCUT2D eigenvalue weighted by atomic mass is 16.3. The predicted molar refractivity (Wildman–Crippen MR) is 97.0 cm³/mol. The topological polar surface area (TPSA) is 69.3 Å². The van der Waals surface area contributed by atoms with Crippen molar-refractivity contribution in [1.29, 1.82) is 5.26 Å². The zero-order valence-corrected chi connectivity index (χ0v) is 14.2. The van der Waals surface area contributed by atoms with Crippen LogP contribution in [0.3, 0.4) is 0 Å². The van der Waals surface area contributed by atoms with Gasteiger partial charge in [-0.2, -0.15) is 5.26 Å². The molecule has 1 atom stereocenters. The van der Waals surface area contributed by atoms with Crippen molar-refractivity contribution in [2.24, 2.45) is 0 Å². The molecule has 0 radical (unpaired) electrons. The van der Waals surface area contributed by atoms with E-state index in [1.807, 2.05) is 49.2 Å². The molecule has 0 aliphatic rings. The second-order valence-corrected chi connectivity index (χ2v) is 6.02. The Kier molecular flexibility index (Phi) is 4.82. The van der Waals surface area contributed by atoms with Crippen molar-refractivity contribution in [3.8, 4) is 6.07 Å². The number of hydrogen-bond donors (Lipinski definition) is 1. The molecule has 0 unspecified atom stereocenters. The number of carbonyl (C=O) groups is 1. The maximum absolute atomic E-state index is 12.3. The fraction of sp³-hybridized carbons (Fsp3) is 0.200. The van der Waals surface area contributed by atoms with Gasteiger partial charge in [-0.15, -0.1) is 0 Å². The third-order valence-electron chi connectivity index (χ3n) is 4.19. The molecule has 126 valence electrons. The van der Waals surface area contributed by atoms with Crippen LogP contribution in [0.15, 0.2) is 59.0 Å². The summed E-state index contributed by atoms with van der Waals surface area (Å²) < 4.78 is 5.87. The van der Waals surface area contributed by atoms with Crippen LogP contribution in [0.4, 0.5) is 5.69 Å². The van der Waals surface area contributed by atoms with Gasteiger partial charge in [0.1, 0.15) is 11.3 Å². The lowest BCUT2D eigenvalue weighted by Gasteiger charge is -2.22. The van der Waals surface area contributed by atoms with Crippen LogP contribution >= 0.6 is 0 Å². The van der Waals surface area contributed by atoms with Crippen LogP contribution in [0.25, 0.3) is 11.0 Å². The highest BCUT2D eigenvalue weighted by Gasteiger charge is 2.18. The monoisotopic (exact) mass is 333 g/mol. The van der Waals surface area contributed by atoms with Gasteiger partial charge >= 0.3 is 0 Å². The third kappa shape index (κ3) is 3.87. The Labute approximate surface area is 146 Å². The number of hydrogen-bond acceptors (Lipinski definition) is 4. The number of nitrogens with zero attached hydrogens (tertiary/aromatic N) is 2. The minimum atomic E-state index is -0.138. The highest BCUT2D eigenvalue weighted by molar-refractivity contribution is 5.92. The van der Waals surface area contributed by atoms with Crippen LogP contribution in [0, 0.1) is 11.3 Å². The van der Waals surface area contributed by atoms with E-state index in [2.05, 4.69) is 11.4 Å². The van der Waals surface area contributed by atoms with Crippen LogP contribution in [-0.4, -0.2) is 24.4 Å². The molecule has 0 bridgehead atoms. The molecule has 2 aromatic carbocycles. The Morgan fingerprint density at radius 1 is 1.24 bits per heavy atom. The zero-order valence-electron chi connectivity index (χ0n) is 14.2. The first-order chi connectivity index (χ1) is 12.1. The molecule has 0 aliphatic heterocycles. The summed E-state index contributed by atoms with van der Waals surface area (Å²) >= 11 is 0. The molecule has 1 heterocycles. The molecule has 0 fully saturated rings. The lowest BCUT2D eigenvalue weighted by molar-refractivity contribution is -0.117. The van der Waals surface area contributed by atoms with Crippen molar-refractivity contribution in [1.82, 2.24) is 4.90 Å². The summed E-state index contributed by atoms with van der Waals surface area (Å²) in [6.45, 7) is 2.22. The maximum atomic E-state index is 12.3. The number of furan rings is 1. The van der Waals surface area contributed by atoms with Crippen LogP contribution in [-0.2, 0) is 4.79 Å². The number of carbonyl (C=O) groups excluding carboxylic acids is 1. The minimum Gasteiger partial charge on any atom is -0.459 e. The normalized spacial score (nSPS) is 12.1. The summed E-state index contributed by atoms with van der Waals surface area (Å²) in [6, 6.07) is 18.7. The number of nitriles is 1. The van der Waals surface area contributed by atoms with Gasteiger partial charge in [0.05, 0.1) is 24.2 Å². The van der Waals surface area contributed by atoms with E-state index in [0.717, 1.165) is 16.7 Å². The fourth-order valence-corrected chi connectivity index (χ4v) is 2.66. The number of fused-ring (bicyclic) bond motifs is 1. The van der Waals surface area contributed by atoms with E-state index in [4.69, 9.17) is 9.68 Å². The van der Waals surface area contributed by atoms with Crippen molar-refractivity contribution < 1.29 is 9.21 Å². The van der Waals surface area contributed by atoms with E-state index in [1.54, 1.807) is 24.3 Å². The molecule has 0 saturated heterocycles. The molecule has 0 saturated carbocycles. The minimum absolute atomic E-state index is 0.0383. The van der Waals surface area contributed by atoms with Gasteiger partial charge < -0.3 is 9.73 Å². The largest absolute Gasteiger partial charge is 0.459 e. The van der Waals surface area contributed by atoms with Crippen LogP contribution in [0.2, 0.25) is 0 Å². The Balaban J connectivity index is 1.65. The predicted octanol–water partition coefficient (Wildman–Crippen LogP) is 3.94. The van der Waals surface area contributed by atoms with E-state index in [-0.39, 0.29) is 18.5 Å². The van der Waals surface area contributed by atoms with E-state index < -0.39 is 0 Å². The molecule has 5 nitrogen and oxygen atoms in total. The molecule has 0 aliphatic carbocycles. The highest BCUT2D eigenvalue weighted by Crippen LogP contribution is 2.26. The number of anilines is 1. The van der Waals surface area contributed by atoms with Gasteiger partial charge in [0.25, 0.3) is 0 Å². The zero-order chi connectivity index (χ0) is 17.8. The van der Waals surface area contributed by atoms with E-state index >= 15 is 0 Å². The molecular formula is C20H19N3O2. The molecule has 5 heteroatoms. The summed E-state index contributed by atoms with van der Waals surface area (Å²) in [5.74, 6) is 0.684. The first kappa shape index (κ1) is 16.7. The average Bonchev–Trinajstić information content (AvgIpc) is 3.05. The number of rotatable bonds is 5. The van der Waals surface area contributed by atoms with E-state index in [9.17, 15) is 4.79 Å². The summed E-state index contributed by atoms with van der Waals surface area (Å²) in [5, 5.41) is 12.8. The van der Waals surface area contributed by atoms with Crippen LogP contribution < -0.4 is 5.32 Å². The van der Waals surface area contributed by atoms with Gasteiger partial charge in [0.2, 0.25) is 5.91 Å². The Bertz CT molecular complexity index is 906. The summed E-state index contributed by atoms with van der Waals surface area (Å²) in [6.07, 6.45) is 0. The SMILES string of the molecule is C[C@H](c1cc2ccccc2o1)N(C)CC(=O)Nc1cccc(C#N)c1.